The molecule has 4 aromatic heterocycles. The highest BCUT2D eigenvalue weighted by Crippen LogP contribution is 2.47. The molecule has 12 aromatic rings. The lowest BCUT2D eigenvalue weighted by atomic mass is 9.92. The Morgan fingerprint density at radius 3 is 1.20 bits per heavy atom. The average Bonchev–Trinajstić information content (AvgIpc) is 1.59. The van der Waals surface area contributed by atoms with Crippen LogP contribution in [0.25, 0.3) is 66.1 Å². The van der Waals surface area contributed by atoms with E-state index in [1.165, 1.54) is 54.9 Å². The number of phenols is 1. The van der Waals surface area contributed by atoms with Crippen molar-refractivity contribution in [3.05, 3.63) is 214 Å². The first-order valence-corrected chi connectivity index (χ1v) is 47.0. The topological polar surface area (TPSA) is 333 Å². The number of carbonyl (C=O) groups is 1. The molecule has 24 nitrogen and oxygen atoms in total. The minimum absolute atomic E-state index is 0.158. The molecule has 4 aliphatic carbocycles. The van der Waals surface area contributed by atoms with Crippen LogP contribution in [0.4, 0.5) is 21.9 Å². The largest absolute Gasteiger partial charge is 0.508 e. The summed E-state index contributed by atoms with van der Waals surface area (Å²) in [5.74, 6) is 2.87. The van der Waals surface area contributed by atoms with Crippen molar-refractivity contribution < 1.29 is 60.4 Å². The molecule has 8 heterocycles. The maximum atomic E-state index is 12.0. The number of nitrogen functional groups attached to an aromatic ring is 2. The summed E-state index contributed by atoms with van der Waals surface area (Å²) in [6.45, 7) is 11.2. The van der Waals surface area contributed by atoms with Crippen LogP contribution in [0.3, 0.4) is 0 Å². The van der Waals surface area contributed by atoms with Crippen molar-refractivity contribution in [1.29, 1.82) is 21.0 Å². The van der Waals surface area contributed by atoms with E-state index in [9.17, 15) is 34.1 Å². The number of hydrogen-bond acceptors (Lipinski definition) is 19. The zero-order valence-corrected chi connectivity index (χ0v) is 75.2. The van der Waals surface area contributed by atoms with Crippen molar-refractivity contribution in [1.82, 2.24) is 18.3 Å². The van der Waals surface area contributed by atoms with Crippen LogP contribution in [0.5, 0.6) is 23.0 Å². The molecule has 127 heavy (non-hydrogen) atoms. The summed E-state index contributed by atoms with van der Waals surface area (Å²) in [5, 5.41) is 54.8. The minimum Gasteiger partial charge on any atom is -0.508 e. The van der Waals surface area contributed by atoms with Gasteiger partial charge in [-0.1, -0.05) is 42.0 Å². The quantitative estimate of drug-likeness (QED) is 0.0374. The highest BCUT2D eigenvalue weighted by atomic mass is 127. The second-order valence-electron chi connectivity index (χ2n) is 33.9. The average molecular weight is 1850 g/mol. The fourth-order valence-electron chi connectivity index (χ4n) is 17.1. The molecular weight excluding hydrogens is 1730 g/mol. The molecule has 4 saturated carbocycles. The van der Waals surface area contributed by atoms with Crippen LogP contribution in [-0.2, 0) is 38.0 Å². The number of nitrogens with one attached hydrogen (secondary N) is 1. The van der Waals surface area contributed by atoms with Gasteiger partial charge < -0.3 is 72.7 Å². The molecular formula is C101H110IN11O13S. The molecule has 6 N–H and O–H groups in total. The van der Waals surface area contributed by atoms with Gasteiger partial charge in [0.1, 0.15) is 65.6 Å². The Morgan fingerprint density at radius 1 is 0.457 bits per heavy atom. The fraction of sp³-hybridized carbons (Fsp3) is 0.396. The van der Waals surface area contributed by atoms with Crippen molar-refractivity contribution in [3.63, 3.8) is 0 Å². The van der Waals surface area contributed by atoms with Gasteiger partial charge in [-0.05, 0) is 254 Å². The number of nitrogens with two attached hydrogens (primary N) is 2. The lowest BCUT2D eigenvalue weighted by Crippen LogP contribution is -2.26. The Morgan fingerprint density at radius 2 is 0.827 bits per heavy atom. The van der Waals surface area contributed by atoms with Gasteiger partial charge in [-0.25, -0.2) is 4.79 Å². The summed E-state index contributed by atoms with van der Waals surface area (Å²) in [5.41, 5.74) is 25.5. The molecule has 0 spiro atoms. The third-order valence-corrected chi connectivity index (χ3v) is 26.9. The summed E-state index contributed by atoms with van der Waals surface area (Å²) in [6.07, 6.45) is 24.5. The number of fused-ring (bicyclic) bond motifs is 4. The first-order valence-electron chi connectivity index (χ1n) is 44.5. The smallest absolute Gasteiger partial charge is 0.411 e. The van der Waals surface area contributed by atoms with Crippen LogP contribution >= 0.6 is 22.6 Å². The molecule has 0 radical (unpaired) electrons. The van der Waals surface area contributed by atoms with Gasteiger partial charge in [0.25, 0.3) is 10.1 Å². The maximum absolute atomic E-state index is 12.0. The molecule has 0 atom stereocenters. The highest BCUT2D eigenvalue weighted by molar-refractivity contribution is 14.1. The zero-order valence-electron chi connectivity index (χ0n) is 72.2. The summed E-state index contributed by atoms with van der Waals surface area (Å²) in [6, 6.07) is 64.7. The van der Waals surface area contributed by atoms with E-state index in [2.05, 4.69) is 88.7 Å². The monoisotopic (exact) mass is 1840 g/mol. The molecule has 8 aromatic carbocycles. The van der Waals surface area contributed by atoms with Crippen LogP contribution < -0.4 is 31.0 Å². The normalized spacial score (nSPS) is 17.1. The highest BCUT2D eigenvalue weighted by Gasteiger charge is 2.33. The van der Waals surface area contributed by atoms with Crippen molar-refractivity contribution in [2.24, 2.45) is 0 Å². The first kappa shape index (κ1) is 90.2. The number of ether oxygens (including phenoxy) is 8. The van der Waals surface area contributed by atoms with Gasteiger partial charge in [0.15, 0.2) is 0 Å². The number of hydrogen-bond donors (Lipinski definition) is 4. The predicted octanol–water partition coefficient (Wildman–Crippen LogP) is 22.0. The van der Waals surface area contributed by atoms with Crippen LogP contribution in [0, 0.1) is 55.8 Å². The number of benzene rings is 8. The zero-order chi connectivity index (χ0) is 88.5. The van der Waals surface area contributed by atoms with Crippen LogP contribution in [0.15, 0.2) is 187 Å². The van der Waals surface area contributed by atoms with Gasteiger partial charge in [0, 0.05) is 155 Å². The van der Waals surface area contributed by atoms with E-state index in [-0.39, 0.29) is 41.2 Å². The van der Waals surface area contributed by atoms with E-state index in [1.807, 2.05) is 148 Å². The Bertz CT molecular complexity index is 6060. The third kappa shape index (κ3) is 22.2. The number of aromatic nitrogens is 4. The summed E-state index contributed by atoms with van der Waals surface area (Å²) in [4.78, 5) is 12.2. The number of nitrogens with zero attached hydrogens (tertiary/aromatic N) is 8. The standard InChI is InChI=1S/C28H31N3O4.C24H25N3O2.C18H20N2O2.C13H12N2O.C12H16O4S.C6H6IN/c1-18(2)34-28(32)30-20-8-6-19(7-9-20)27-25(17-29)24-11-10-23(35-22-12-14-33-15-13-22)16-26(24)31(27)21-4-3-5-21;25-15-22-21-9-8-20(29-19-10-12-28-13-11-19)14-23(21)27(18-2-1-3-18)24(22)16-4-6-17(26)7-5-16;19-11-13-12-20(14-2-1-3-14)18-10-16(4-5-17(13)18)22-15-6-8-21-9-7-15;14-7-9-8-15(10-2-1-3-10)13-6-11(16)4-5-12(9)13;1-10-2-4-12(5-3-10)17(13,14)16-11-6-8-15-9-7-11;7-5-1-3-6(8)4-2-5/h6-11,16,18,21-22H,3-5,12-15H2,1-2H3,(H,30,32);4-9,14,18-19H,1-3,10-13,26H2;4-5,10,12,14-15H,1-3,6-9H2;4-6,8,10,16H,1-3H2;2-5,11H,6-9H2,1H3;1-4H,8H2. The van der Waals surface area contributed by atoms with Crippen molar-refractivity contribution >= 4 is 99.5 Å². The molecule has 0 bridgehead atoms. The predicted molar refractivity (Wildman–Crippen MR) is 501 cm³/mol. The SMILES string of the molecule is CC(C)OC(=O)Nc1ccc(-c2c(C#N)c3ccc(OC4CCOCC4)cc3n2C2CCC2)cc1.Cc1ccc(S(=O)(=O)OC2CCOCC2)cc1.N#Cc1c(-c2ccc(N)cc2)n(C2CCC2)c2cc(OC3CCOCC3)ccc12.N#Cc1cn(C2CCC2)c2cc(O)ccc12.N#Cc1cn(C2CCC2)c2cc(OC3CCOCC3)ccc12.Nc1ccc(I)cc1. The van der Waals surface area contributed by atoms with Crippen molar-refractivity contribution in [3.8, 4) is 69.8 Å². The molecule has 660 valence electrons. The lowest BCUT2D eigenvalue weighted by molar-refractivity contribution is 0.0254. The number of aryl methyl sites for hydroxylation is 1. The van der Waals surface area contributed by atoms with Gasteiger partial charge in [-0.2, -0.15) is 29.5 Å². The van der Waals surface area contributed by atoms with Crippen LogP contribution in [-0.4, -0.2) is 121 Å². The molecule has 20 rings (SSSR count). The van der Waals surface area contributed by atoms with Gasteiger partial charge >= 0.3 is 6.09 Å². The van der Waals surface area contributed by atoms with Gasteiger partial charge in [-0.3, -0.25) is 9.50 Å². The van der Waals surface area contributed by atoms with E-state index < -0.39 is 16.2 Å². The molecule has 0 unspecified atom stereocenters. The second-order valence-corrected chi connectivity index (χ2v) is 36.7. The number of aromatic hydroxyl groups is 1. The molecule has 26 heteroatoms. The first-order chi connectivity index (χ1) is 61.8. The maximum Gasteiger partial charge on any atom is 0.411 e. The van der Waals surface area contributed by atoms with Crippen LogP contribution in [0.1, 0.15) is 194 Å². The molecule has 1 amide bonds. The number of rotatable bonds is 17. The number of halogens is 1. The molecule has 8 aliphatic rings. The summed E-state index contributed by atoms with van der Waals surface area (Å²) >= 11 is 2.24. The van der Waals surface area contributed by atoms with Gasteiger partial charge in [-0.15, -0.1) is 0 Å². The number of nitriles is 4. The molecule has 8 fully saturated rings. The minimum atomic E-state index is -3.63. The van der Waals surface area contributed by atoms with Crippen molar-refractivity contribution in [2.75, 3.05) is 69.6 Å². The lowest BCUT2D eigenvalue weighted by Gasteiger charge is -2.30. The summed E-state index contributed by atoms with van der Waals surface area (Å²) < 4.78 is 84.7. The van der Waals surface area contributed by atoms with Crippen molar-refractivity contribution in [2.45, 2.75) is 209 Å². The third-order valence-electron chi connectivity index (χ3n) is 24.8. The van der Waals surface area contributed by atoms with E-state index in [0.29, 0.717) is 67.0 Å². The Hall–Kier alpha value is -11.6. The second kappa shape index (κ2) is 42.4. The Labute approximate surface area is 756 Å². The number of carbonyl (C=O) groups excluding carboxylic acids is 1. The van der Waals surface area contributed by atoms with Gasteiger partial charge in [0.05, 0.1) is 112 Å². The Balaban J connectivity index is 0.000000123. The number of anilines is 3. The molecule has 4 aliphatic heterocycles. The van der Waals surface area contributed by atoms with E-state index in [4.69, 9.17) is 58.8 Å². The van der Waals surface area contributed by atoms with E-state index in [1.54, 1.807) is 36.4 Å². The van der Waals surface area contributed by atoms with Gasteiger partial charge in [0.2, 0.25) is 0 Å². The molecule has 4 saturated heterocycles. The van der Waals surface area contributed by atoms with Crippen LogP contribution in [0.2, 0.25) is 0 Å². The number of amides is 1. The van der Waals surface area contributed by atoms with E-state index >= 15 is 0 Å². The Kier molecular flexibility index (Phi) is 30.1. The number of phenolic OH excluding ortho intramolecular Hbond substituents is 1. The fourth-order valence-corrected chi connectivity index (χ4v) is 18.6. The van der Waals surface area contributed by atoms with E-state index in [0.717, 1.165) is 215 Å². The summed E-state index contributed by atoms with van der Waals surface area (Å²) in [7, 11) is -3.63.